The molecule has 98 valence electrons. The number of carbonyl (C=O) groups excluding carboxylic acids is 1. The smallest absolute Gasteiger partial charge is 0.338 e. The van der Waals surface area contributed by atoms with Crippen LogP contribution in [0.1, 0.15) is 10.4 Å². The molecule has 0 aromatic heterocycles. The maximum absolute atomic E-state index is 11.7. The summed E-state index contributed by atoms with van der Waals surface area (Å²) in [6.45, 7) is 0.726. The summed E-state index contributed by atoms with van der Waals surface area (Å²) in [6, 6.07) is 3.97. The molecule has 0 radical (unpaired) electrons. The molecule has 8 heteroatoms. The first-order chi connectivity index (χ1) is 8.36. The lowest BCUT2D eigenvalue weighted by Crippen LogP contribution is -2.37. The number of halogens is 1. The van der Waals surface area contributed by atoms with Crippen molar-refractivity contribution in [1.29, 1.82) is 0 Å². The topological polar surface area (TPSA) is 95.7 Å². The van der Waals surface area contributed by atoms with Gasteiger partial charge in [-0.2, -0.15) is 0 Å². The lowest BCUT2D eigenvalue weighted by atomic mass is 10.2. The Hall–Kier alpha value is -0.960. The Kier molecular flexibility index (Phi) is 3.71. The van der Waals surface area contributed by atoms with Crippen molar-refractivity contribution < 1.29 is 22.7 Å². The van der Waals surface area contributed by atoms with Crippen molar-refractivity contribution in [3.8, 4) is 0 Å². The molecule has 1 aromatic rings. The maximum Gasteiger partial charge on any atom is 0.338 e. The van der Waals surface area contributed by atoms with Gasteiger partial charge in [0, 0.05) is 4.47 Å². The molecule has 1 heterocycles. The monoisotopic (exact) mass is 335 g/mol. The summed E-state index contributed by atoms with van der Waals surface area (Å²) >= 11 is 3.12. The van der Waals surface area contributed by atoms with Crippen LogP contribution in [0.3, 0.4) is 0 Å². The molecule has 0 bridgehead atoms. The van der Waals surface area contributed by atoms with Gasteiger partial charge in [0.25, 0.3) is 0 Å². The van der Waals surface area contributed by atoms with E-state index in [0.717, 1.165) is 0 Å². The number of esters is 1. The van der Waals surface area contributed by atoms with Crippen LogP contribution >= 0.6 is 15.9 Å². The van der Waals surface area contributed by atoms with Crippen molar-refractivity contribution in [1.82, 2.24) is 0 Å². The Labute approximate surface area is 112 Å². The highest BCUT2D eigenvalue weighted by atomic mass is 79.9. The number of primary sulfonamides is 1. The predicted octanol–water partition coefficient (Wildman–Crippen LogP) is 0.652. The molecule has 6 nitrogen and oxygen atoms in total. The highest BCUT2D eigenvalue weighted by Gasteiger charge is 2.24. The minimum Gasteiger partial charge on any atom is -0.454 e. The summed E-state index contributed by atoms with van der Waals surface area (Å²) in [4.78, 5) is 11.6. The van der Waals surface area contributed by atoms with Gasteiger partial charge in [-0.15, -0.1) is 0 Å². The molecule has 1 aliphatic rings. The second-order valence-electron chi connectivity index (χ2n) is 3.79. The van der Waals surface area contributed by atoms with E-state index in [9.17, 15) is 13.2 Å². The van der Waals surface area contributed by atoms with Gasteiger partial charge in [-0.25, -0.2) is 18.4 Å². The quantitative estimate of drug-likeness (QED) is 0.818. The summed E-state index contributed by atoms with van der Waals surface area (Å²) in [5.74, 6) is -0.602. The van der Waals surface area contributed by atoms with E-state index in [1.165, 1.54) is 18.2 Å². The van der Waals surface area contributed by atoms with Crippen molar-refractivity contribution in [2.45, 2.75) is 11.0 Å². The van der Waals surface area contributed by atoms with Crippen molar-refractivity contribution in [2.24, 2.45) is 5.14 Å². The third kappa shape index (κ3) is 3.08. The van der Waals surface area contributed by atoms with E-state index in [1.807, 2.05) is 0 Å². The van der Waals surface area contributed by atoms with Crippen LogP contribution in [-0.4, -0.2) is 33.7 Å². The highest BCUT2D eigenvalue weighted by molar-refractivity contribution is 9.10. The molecule has 0 saturated carbocycles. The fraction of sp³-hybridized carbons (Fsp3) is 0.300. The number of rotatable bonds is 3. The first kappa shape index (κ1) is 13.5. The Morgan fingerprint density at radius 1 is 1.39 bits per heavy atom. The second-order valence-corrected chi connectivity index (χ2v) is 6.26. The van der Waals surface area contributed by atoms with Gasteiger partial charge >= 0.3 is 5.97 Å². The van der Waals surface area contributed by atoms with Gasteiger partial charge in [0.2, 0.25) is 10.0 Å². The van der Waals surface area contributed by atoms with E-state index in [-0.39, 0.29) is 16.6 Å². The Balaban J connectivity index is 2.27. The first-order valence-electron chi connectivity index (χ1n) is 4.98. The van der Waals surface area contributed by atoms with Gasteiger partial charge in [0.05, 0.1) is 23.7 Å². The normalized spacial score (nSPS) is 16.1. The molecule has 0 spiro atoms. The summed E-state index contributed by atoms with van der Waals surface area (Å²) in [6.07, 6.45) is -0.269. The predicted molar refractivity (Wildman–Crippen MR) is 65.5 cm³/mol. The zero-order valence-corrected chi connectivity index (χ0v) is 11.5. The van der Waals surface area contributed by atoms with Gasteiger partial charge in [-0.1, -0.05) is 15.9 Å². The van der Waals surface area contributed by atoms with E-state index in [0.29, 0.717) is 17.7 Å². The van der Waals surface area contributed by atoms with Crippen LogP contribution < -0.4 is 5.14 Å². The number of hydrogen-bond acceptors (Lipinski definition) is 5. The number of benzene rings is 1. The maximum atomic E-state index is 11.7. The second kappa shape index (κ2) is 4.96. The highest BCUT2D eigenvalue weighted by Crippen LogP contribution is 2.20. The van der Waals surface area contributed by atoms with Gasteiger partial charge in [-0.3, -0.25) is 0 Å². The van der Waals surface area contributed by atoms with Gasteiger partial charge in [-0.05, 0) is 18.2 Å². The lowest BCUT2D eigenvalue weighted by Gasteiger charge is -2.25. The molecular weight excluding hydrogens is 326 g/mol. The summed E-state index contributed by atoms with van der Waals surface area (Å²) < 4.78 is 32.9. The summed E-state index contributed by atoms with van der Waals surface area (Å²) in [7, 11) is -3.86. The molecule has 0 aliphatic carbocycles. The third-order valence-electron chi connectivity index (χ3n) is 2.32. The zero-order valence-electron chi connectivity index (χ0n) is 9.13. The minimum atomic E-state index is -3.86. The Bertz CT molecular complexity index is 582. The van der Waals surface area contributed by atoms with Crippen molar-refractivity contribution >= 4 is 31.9 Å². The molecule has 0 amide bonds. The first-order valence-corrected chi connectivity index (χ1v) is 7.32. The van der Waals surface area contributed by atoms with Crippen molar-refractivity contribution in [3.63, 3.8) is 0 Å². The largest absolute Gasteiger partial charge is 0.454 e. The van der Waals surface area contributed by atoms with Crippen molar-refractivity contribution in [2.75, 3.05) is 13.2 Å². The van der Waals surface area contributed by atoms with Crippen LogP contribution in [0.25, 0.3) is 0 Å². The van der Waals surface area contributed by atoms with Crippen LogP contribution in [0.5, 0.6) is 0 Å². The van der Waals surface area contributed by atoms with E-state index < -0.39 is 16.0 Å². The number of sulfonamides is 1. The molecule has 0 atom stereocenters. The summed E-state index contributed by atoms with van der Waals surface area (Å²) in [5, 5.41) is 5.01. The number of nitrogens with two attached hydrogens (primary N) is 1. The standard InChI is InChI=1S/C10H10BrNO5S/c11-7-1-6(2-9(3-7)18(12,14)15)10(13)17-8-4-16-5-8/h1-3,8H,4-5H2,(H2,12,14,15). The van der Waals surface area contributed by atoms with Crippen LogP contribution in [0.15, 0.2) is 27.6 Å². The van der Waals surface area contributed by atoms with E-state index in [4.69, 9.17) is 14.6 Å². The average Bonchev–Trinajstić information content (AvgIpc) is 2.21. The van der Waals surface area contributed by atoms with E-state index in [1.54, 1.807) is 0 Å². The number of ether oxygens (including phenoxy) is 2. The van der Waals surface area contributed by atoms with Crippen LogP contribution in [0, 0.1) is 0 Å². The lowest BCUT2D eigenvalue weighted by molar-refractivity contribution is -0.103. The Morgan fingerprint density at radius 2 is 2.06 bits per heavy atom. The van der Waals surface area contributed by atoms with Crippen LogP contribution in [-0.2, 0) is 19.5 Å². The van der Waals surface area contributed by atoms with Crippen molar-refractivity contribution in [3.05, 3.63) is 28.2 Å². The number of hydrogen-bond donors (Lipinski definition) is 1. The molecule has 1 aliphatic heterocycles. The average molecular weight is 336 g/mol. The Morgan fingerprint density at radius 3 is 2.56 bits per heavy atom. The summed E-state index contributed by atoms with van der Waals surface area (Å²) in [5.41, 5.74) is 0.125. The van der Waals surface area contributed by atoms with Crippen LogP contribution in [0.2, 0.25) is 0 Å². The van der Waals surface area contributed by atoms with Gasteiger partial charge in [0.15, 0.2) is 0 Å². The SMILES string of the molecule is NS(=O)(=O)c1cc(Br)cc(C(=O)OC2COC2)c1. The van der Waals surface area contributed by atoms with E-state index >= 15 is 0 Å². The molecule has 0 unspecified atom stereocenters. The van der Waals surface area contributed by atoms with Gasteiger partial charge < -0.3 is 9.47 Å². The van der Waals surface area contributed by atoms with Crippen LogP contribution in [0.4, 0.5) is 0 Å². The van der Waals surface area contributed by atoms with Gasteiger partial charge in [0.1, 0.15) is 6.10 Å². The molecule has 1 fully saturated rings. The molecule has 2 N–H and O–H groups in total. The fourth-order valence-electron chi connectivity index (χ4n) is 1.35. The molecular formula is C10H10BrNO5S. The molecule has 1 aromatic carbocycles. The third-order valence-corrected chi connectivity index (χ3v) is 3.67. The van der Waals surface area contributed by atoms with E-state index in [2.05, 4.69) is 15.9 Å². The minimum absolute atomic E-state index is 0.125. The molecule has 2 rings (SSSR count). The number of carbonyl (C=O) groups is 1. The zero-order chi connectivity index (χ0) is 13.3. The fourth-order valence-corrected chi connectivity index (χ4v) is 2.57. The molecule has 1 saturated heterocycles. The molecule has 18 heavy (non-hydrogen) atoms.